The second-order valence-electron chi connectivity index (χ2n) is 6.23. The van der Waals surface area contributed by atoms with Gasteiger partial charge in [0.25, 0.3) is 0 Å². The summed E-state index contributed by atoms with van der Waals surface area (Å²) in [5, 5.41) is 2.82. The number of ether oxygens (including phenoxy) is 2. The van der Waals surface area contributed by atoms with Crippen molar-refractivity contribution in [1.82, 2.24) is 0 Å². The Morgan fingerprint density at radius 1 is 0.889 bits per heavy atom. The molecule has 5 heteroatoms. The molecule has 2 aromatic rings. The summed E-state index contributed by atoms with van der Waals surface area (Å²) in [6.07, 6.45) is 4.01. The summed E-state index contributed by atoms with van der Waals surface area (Å²) >= 11 is 0. The van der Waals surface area contributed by atoms with Crippen molar-refractivity contribution in [2.24, 2.45) is 0 Å². The molecule has 0 aliphatic rings. The lowest BCUT2D eigenvalue weighted by atomic mass is 10.2. The van der Waals surface area contributed by atoms with Crippen molar-refractivity contribution in [2.45, 2.75) is 39.0 Å². The van der Waals surface area contributed by atoms with E-state index in [0.717, 1.165) is 25.0 Å². The van der Waals surface area contributed by atoms with Gasteiger partial charge in [-0.3, -0.25) is 4.79 Å². The van der Waals surface area contributed by atoms with Crippen LogP contribution in [0.1, 0.15) is 49.4 Å². The first-order valence-electron chi connectivity index (χ1n) is 9.44. The SMILES string of the molecule is CCCCCOC(=O)c1ccc(NC(=O)CCCOc2ccccc2)cc1. The maximum Gasteiger partial charge on any atom is 0.338 e. The first-order valence-corrected chi connectivity index (χ1v) is 9.44. The van der Waals surface area contributed by atoms with E-state index in [4.69, 9.17) is 9.47 Å². The van der Waals surface area contributed by atoms with E-state index >= 15 is 0 Å². The Kier molecular flexibility index (Phi) is 8.90. The molecule has 0 aromatic heterocycles. The van der Waals surface area contributed by atoms with Crippen molar-refractivity contribution >= 4 is 17.6 Å². The Bertz CT molecular complexity index is 698. The van der Waals surface area contributed by atoms with E-state index in [-0.39, 0.29) is 11.9 Å². The number of benzene rings is 2. The van der Waals surface area contributed by atoms with Crippen LogP contribution in [0.2, 0.25) is 0 Å². The number of para-hydroxylation sites is 1. The zero-order chi connectivity index (χ0) is 19.3. The maximum atomic E-state index is 12.0. The number of carbonyl (C=O) groups is 2. The van der Waals surface area contributed by atoms with Crippen LogP contribution in [0.3, 0.4) is 0 Å². The molecule has 0 atom stereocenters. The first kappa shape index (κ1) is 20.5. The fraction of sp³-hybridized carbons (Fsp3) is 0.364. The van der Waals surface area contributed by atoms with Gasteiger partial charge in [0.05, 0.1) is 18.8 Å². The third-order valence-corrected chi connectivity index (χ3v) is 3.95. The Hall–Kier alpha value is -2.82. The molecule has 1 N–H and O–H groups in total. The molecule has 0 spiro atoms. The van der Waals surface area contributed by atoms with E-state index in [1.807, 2.05) is 30.3 Å². The predicted octanol–water partition coefficient (Wildman–Crippen LogP) is 4.83. The van der Waals surface area contributed by atoms with Crippen molar-refractivity contribution < 1.29 is 19.1 Å². The third-order valence-electron chi connectivity index (χ3n) is 3.95. The fourth-order valence-corrected chi connectivity index (χ4v) is 2.45. The van der Waals surface area contributed by atoms with Gasteiger partial charge in [0.15, 0.2) is 0 Å². The number of hydrogen-bond donors (Lipinski definition) is 1. The van der Waals surface area contributed by atoms with E-state index in [2.05, 4.69) is 12.2 Å². The highest BCUT2D eigenvalue weighted by Crippen LogP contribution is 2.12. The van der Waals surface area contributed by atoms with Gasteiger partial charge in [-0.15, -0.1) is 0 Å². The van der Waals surface area contributed by atoms with Gasteiger partial charge in [0.1, 0.15) is 5.75 Å². The van der Waals surface area contributed by atoms with Gasteiger partial charge >= 0.3 is 5.97 Å². The molecule has 5 nitrogen and oxygen atoms in total. The van der Waals surface area contributed by atoms with Gasteiger partial charge in [0, 0.05) is 12.1 Å². The van der Waals surface area contributed by atoms with Crippen LogP contribution in [0.25, 0.3) is 0 Å². The van der Waals surface area contributed by atoms with Crippen LogP contribution in [0.15, 0.2) is 54.6 Å². The van der Waals surface area contributed by atoms with Crippen molar-refractivity contribution in [1.29, 1.82) is 0 Å². The first-order chi connectivity index (χ1) is 13.2. The van der Waals surface area contributed by atoms with E-state index in [9.17, 15) is 9.59 Å². The van der Waals surface area contributed by atoms with E-state index in [1.54, 1.807) is 24.3 Å². The lowest BCUT2D eigenvalue weighted by Crippen LogP contribution is -2.13. The topological polar surface area (TPSA) is 64.6 Å². The van der Waals surface area contributed by atoms with Crippen LogP contribution >= 0.6 is 0 Å². The molecule has 0 radical (unpaired) electrons. The molecule has 0 fully saturated rings. The minimum Gasteiger partial charge on any atom is -0.494 e. The van der Waals surface area contributed by atoms with Crippen molar-refractivity contribution in [3.8, 4) is 5.75 Å². The fourth-order valence-electron chi connectivity index (χ4n) is 2.45. The Balaban J connectivity index is 1.67. The molecule has 0 heterocycles. The number of rotatable bonds is 11. The molecular formula is C22H27NO4. The normalized spacial score (nSPS) is 10.3. The van der Waals surface area contributed by atoms with Crippen LogP contribution in [-0.4, -0.2) is 25.1 Å². The second kappa shape index (κ2) is 11.7. The molecule has 1 amide bonds. The highest BCUT2D eigenvalue weighted by atomic mass is 16.5. The lowest BCUT2D eigenvalue weighted by molar-refractivity contribution is -0.116. The van der Waals surface area contributed by atoms with Gasteiger partial charge < -0.3 is 14.8 Å². The molecule has 2 rings (SSSR count). The number of nitrogens with one attached hydrogen (secondary N) is 1. The summed E-state index contributed by atoms with van der Waals surface area (Å²) in [7, 11) is 0. The number of carbonyl (C=O) groups excluding carboxylic acids is 2. The quantitative estimate of drug-likeness (QED) is 0.455. The van der Waals surface area contributed by atoms with Gasteiger partial charge in [-0.25, -0.2) is 4.79 Å². The molecule has 0 saturated heterocycles. The molecule has 0 bridgehead atoms. The van der Waals surface area contributed by atoms with E-state index in [0.29, 0.717) is 37.3 Å². The Morgan fingerprint density at radius 2 is 1.63 bits per heavy atom. The largest absolute Gasteiger partial charge is 0.494 e. The number of unbranched alkanes of at least 4 members (excludes halogenated alkanes) is 2. The van der Waals surface area contributed by atoms with Crippen LogP contribution in [-0.2, 0) is 9.53 Å². The average molecular weight is 369 g/mol. The summed E-state index contributed by atoms with van der Waals surface area (Å²) in [4.78, 5) is 23.9. The molecule has 2 aromatic carbocycles. The maximum absolute atomic E-state index is 12.0. The standard InChI is InChI=1S/C22H27NO4/c1-2-3-7-16-27-22(25)18-12-14-19(15-13-18)23-21(24)11-8-17-26-20-9-5-4-6-10-20/h4-6,9-10,12-15H,2-3,7-8,11,16-17H2,1H3,(H,23,24). The minimum absolute atomic E-state index is 0.0819. The summed E-state index contributed by atoms with van der Waals surface area (Å²) in [6, 6.07) is 16.3. The number of esters is 1. The zero-order valence-corrected chi connectivity index (χ0v) is 15.8. The number of anilines is 1. The van der Waals surface area contributed by atoms with Gasteiger partial charge in [0.2, 0.25) is 5.91 Å². The number of amides is 1. The molecule has 27 heavy (non-hydrogen) atoms. The van der Waals surface area contributed by atoms with Crippen LogP contribution in [0.5, 0.6) is 5.75 Å². The third kappa shape index (κ3) is 7.94. The van der Waals surface area contributed by atoms with Gasteiger partial charge in [-0.1, -0.05) is 38.0 Å². The molecule has 144 valence electrons. The molecular weight excluding hydrogens is 342 g/mol. The Morgan fingerprint density at radius 3 is 2.33 bits per heavy atom. The van der Waals surface area contributed by atoms with Crippen LogP contribution in [0.4, 0.5) is 5.69 Å². The molecule has 0 saturated carbocycles. The van der Waals surface area contributed by atoms with Crippen LogP contribution < -0.4 is 10.1 Å². The number of hydrogen-bond acceptors (Lipinski definition) is 4. The van der Waals surface area contributed by atoms with E-state index in [1.165, 1.54) is 0 Å². The van der Waals surface area contributed by atoms with Crippen molar-refractivity contribution in [2.75, 3.05) is 18.5 Å². The lowest BCUT2D eigenvalue weighted by Gasteiger charge is -2.08. The monoisotopic (exact) mass is 369 g/mol. The zero-order valence-electron chi connectivity index (χ0n) is 15.8. The minimum atomic E-state index is -0.331. The van der Waals surface area contributed by atoms with Gasteiger partial charge in [-0.05, 0) is 49.2 Å². The summed E-state index contributed by atoms with van der Waals surface area (Å²) in [5.74, 6) is 0.388. The Labute approximate surface area is 160 Å². The summed E-state index contributed by atoms with van der Waals surface area (Å²) < 4.78 is 10.8. The molecule has 0 unspecified atom stereocenters. The highest BCUT2D eigenvalue weighted by molar-refractivity contribution is 5.93. The van der Waals surface area contributed by atoms with Crippen LogP contribution in [0, 0.1) is 0 Å². The van der Waals surface area contributed by atoms with Gasteiger partial charge in [-0.2, -0.15) is 0 Å². The predicted molar refractivity (Wildman–Crippen MR) is 106 cm³/mol. The van der Waals surface area contributed by atoms with Crippen molar-refractivity contribution in [3.63, 3.8) is 0 Å². The smallest absolute Gasteiger partial charge is 0.338 e. The molecule has 0 aliphatic heterocycles. The summed E-state index contributed by atoms with van der Waals surface area (Å²) in [6.45, 7) is 3.03. The summed E-state index contributed by atoms with van der Waals surface area (Å²) in [5.41, 5.74) is 1.15. The second-order valence-corrected chi connectivity index (χ2v) is 6.23. The van der Waals surface area contributed by atoms with E-state index < -0.39 is 0 Å². The van der Waals surface area contributed by atoms with Crippen molar-refractivity contribution in [3.05, 3.63) is 60.2 Å². The average Bonchev–Trinajstić information content (AvgIpc) is 2.70. The highest BCUT2D eigenvalue weighted by Gasteiger charge is 2.08. The molecule has 0 aliphatic carbocycles.